The molecule has 5 nitrogen and oxygen atoms in total. The van der Waals surface area contributed by atoms with Gasteiger partial charge in [0.15, 0.2) is 0 Å². The van der Waals surface area contributed by atoms with Crippen molar-refractivity contribution in [3.63, 3.8) is 0 Å². The monoisotopic (exact) mass is 350 g/mol. The molecule has 0 bridgehead atoms. The molecule has 26 heavy (non-hydrogen) atoms. The maximum absolute atomic E-state index is 12.3. The molecule has 0 aliphatic heterocycles. The molecule has 0 spiro atoms. The van der Waals surface area contributed by atoms with Crippen molar-refractivity contribution >= 4 is 28.5 Å². The summed E-state index contributed by atoms with van der Waals surface area (Å²) in [5.41, 5.74) is 5.67. The zero-order valence-electron chi connectivity index (χ0n) is 15.2. The Balaban J connectivity index is 1.65. The van der Waals surface area contributed by atoms with Gasteiger partial charge in [-0.2, -0.15) is 0 Å². The second-order valence-corrected chi connectivity index (χ2v) is 6.53. The van der Waals surface area contributed by atoms with Crippen molar-refractivity contribution in [1.29, 1.82) is 0 Å². The minimum absolute atomic E-state index is 0.0733. The summed E-state index contributed by atoms with van der Waals surface area (Å²) in [5, 5.41) is 6.63. The molecule has 0 fully saturated rings. The highest BCUT2D eigenvalue weighted by Gasteiger charge is 2.11. The quantitative estimate of drug-likeness (QED) is 0.734. The maximum Gasteiger partial charge on any atom is 0.224 e. The Bertz CT molecular complexity index is 973. The molecule has 0 saturated heterocycles. The number of hydrogen-bond donors (Lipinski definition) is 2. The molecule has 2 N–H and O–H groups in total. The van der Waals surface area contributed by atoms with Gasteiger partial charge in [0.05, 0.1) is 12.7 Å². The van der Waals surface area contributed by atoms with E-state index in [0.717, 1.165) is 27.8 Å². The summed E-state index contributed by atoms with van der Waals surface area (Å²) in [6.07, 6.45) is 1.92. The lowest BCUT2D eigenvalue weighted by molar-refractivity contribution is -0.120. The molecule has 2 aromatic carbocycles. The molecule has 0 radical (unpaired) electrons. The number of anilines is 1. The van der Waals surface area contributed by atoms with Crippen molar-refractivity contribution < 1.29 is 14.0 Å². The average molecular weight is 350 g/mol. The molecular weight excluding hydrogens is 328 g/mol. The van der Waals surface area contributed by atoms with E-state index in [4.69, 9.17) is 4.42 Å². The van der Waals surface area contributed by atoms with Gasteiger partial charge in [-0.15, -0.1) is 0 Å². The Morgan fingerprint density at radius 1 is 1.08 bits per heavy atom. The average Bonchev–Trinajstić information content (AvgIpc) is 2.95. The molecule has 1 heterocycles. The molecule has 0 unspecified atom stereocenters. The van der Waals surface area contributed by atoms with Crippen LogP contribution in [0.15, 0.2) is 47.1 Å². The zero-order valence-corrected chi connectivity index (χ0v) is 15.2. The van der Waals surface area contributed by atoms with Crippen LogP contribution in [0.5, 0.6) is 0 Å². The van der Waals surface area contributed by atoms with Gasteiger partial charge in [-0.3, -0.25) is 9.59 Å². The summed E-state index contributed by atoms with van der Waals surface area (Å²) in [6, 6.07) is 11.5. The highest BCUT2D eigenvalue weighted by atomic mass is 16.3. The van der Waals surface area contributed by atoms with Gasteiger partial charge in [0, 0.05) is 30.1 Å². The maximum atomic E-state index is 12.3. The number of benzene rings is 2. The number of carbonyl (C=O) groups excluding carboxylic acids is 2. The van der Waals surface area contributed by atoms with Crippen LogP contribution in [-0.2, 0) is 22.6 Å². The van der Waals surface area contributed by atoms with Crippen molar-refractivity contribution in [3.05, 3.63) is 64.9 Å². The molecular formula is C21H22N2O3. The molecule has 134 valence electrons. The smallest absolute Gasteiger partial charge is 0.224 e. The third-order valence-corrected chi connectivity index (χ3v) is 4.36. The lowest BCUT2D eigenvalue weighted by Gasteiger charge is -2.08. The van der Waals surface area contributed by atoms with Crippen molar-refractivity contribution in [2.75, 3.05) is 5.32 Å². The fourth-order valence-corrected chi connectivity index (χ4v) is 2.87. The third kappa shape index (κ3) is 4.11. The first-order valence-corrected chi connectivity index (χ1v) is 8.53. The predicted molar refractivity (Wildman–Crippen MR) is 102 cm³/mol. The van der Waals surface area contributed by atoms with Gasteiger partial charge in [-0.05, 0) is 54.8 Å². The number of rotatable bonds is 5. The molecule has 0 aliphatic carbocycles. The second kappa shape index (κ2) is 7.44. The lowest BCUT2D eigenvalue weighted by Crippen LogP contribution is -2.24. The number of nitrogens with one attached hydrogen (secondary N) is 2. The van der Waals surface area contributed by atoms with Gasteiger partial charge < -0.3 is 15.1 Å². The van der Waals surface area contributed by atoms with Gasteiger partial charge in [0.1, 0.15) is 5.58 Å². The van der Waals surface area contributed by atoms with Crippen molar-refractivity contribution in [2.45, 2.75) is 33.7 Å². The summed E-state index contributed by atoms with van der Waals surface area (Å²) in [4.78, 5) is 23.5. The summed E-state index contributed by atoms with van der Waals surface area (Å²) >= 11 is 0. The normalized spacial score (nSPS) is 10.7. The standard InChI is InChI=1S/C21H22N2O3/c1-13-7-19-17(12-26-20(19)8-14(13)2)10-21(25)22-11-16-5-4-6-18(9-16)23-15(3)24/h4-9,12H,10-11H2,1-3H3,(H,22,25)(H,23,24). The highest BCUT2D eigenvalue weighted by molar-refractivity contribution is 5.89. The first-order chi connectivity index (χ1) is 12.4. The summed E-state index contributed by atoms with van der Waals surface area (Å²) in [6.45, 7) is 5.96. The molecule has 3 aromatic rings. The zero-order chi connectivity index (χ0) is 18.7. The van der Waals surface area contributed by atoms with Crippen molar-refractivity contribution in [2.24, 2.45) is 0 Å². The lowest BCUT2D eigenvalue weighted by atomic mass is 10.0. The molecule has 1 aromatic heterocycles. The molecule has 0 aliphatic rings. The van der Waals surface area contributed by atoms with Gasteiger partial charge >= 0.3 is 0 Å². The van der Waals surface area contributed by atoms with Gasteiger partial charge in [0.2, 0.25) is 11.8 Å². The first-order valence-electron chi connectivity index (χ1n) is 8.53. The van der Waals surface area contributed by atoms with E-state index < -0.39 is 0 Å². The SMILES string of the molecule is CC(=O)Nc1cccc(CNC(=O)Cc2coc3cc(C)c(C)cc23)c1. The fourth-order valence-electron chi connectivity index (χ4n) is 2.87. The summed E-state index contributed by atoms with van der Waals surface area (Å²) in [5.74, 6) is -0.195. The van der Waals surface area contributed by atoms with Crippen LogP contribution in [0.4, 0.5) is 5.69 Å². The van der Waals surface area contributed by atoms with Crippen LogP contribution in [0.1, 0.15) is 29.2 Å². The third-order valence-electron chi connectivity index (χ3n) is 4.36. The van der Waals surface area contributed by atoms with Crippen molar-refractivity contribution in [1.82, 2.24) is 5.32 Å². The number of hydrogen-bond acceptors (Lipinski definition) is 3. The number of aryl methyl sites for hydroxylation is 2. The van der Waals surface area contributed by atoms with Crippen molar-refractivity contribution in [3.8, 4) is 0 Å². The fraction of sp³-hybridized carbons (Fsp3) is 0.238. The Labute approximate surface area is 152 Å². The second-order valence-electron chi connectivity index (χ2n) is 6.53. The van der Waals surface area contributed by atoms with Gasteiger partial charge in [-0.1, -0.05) is 12.1 Å². The van der Waals surface area contributed by atoms with Crippen LogP contribution in [-0.4, -0.2) is 11.8 Å². The predicted octanol–water partition coefficient (Wildman–Crippen LogP) is 3.87. The topological polar surface area (TPSA) is 71.3 Å². The molecule has 5 heteroatoms. The van der Waals surface area contributed by atoms with Crippen LogP contribution in [0.25, 0.3) is 11.0 Å². The van der Waals surface area contributed by atoms with Crippen LogP contribution in [0.2, 0.25) is 0 Å². The number of amides is 2. The molecule has 0 saturated carbocycles. The van der Waals surface area contributed by atoms with E-state index in [1.165, 1.54) is 18.1 Å². The number of carbonyl (C=O) groups is 2. The van der Waals surface area contributed by atoms with Crippen LogP contribution in [0.3, 0.4) is 0 Å². The molecule has 0 atom stereocenters. The van der Waals surface area contributed by atoms with E-state index in [1.54, 1.807) is 6.26 Å². The minimum Gasteiger partial charge on any atom is -0.464 e. The summed E-state index contributed by atoms with van der Waals surface area (Å²) < 4.78 is 5.58. The van der Waals surface area contributed by atoms with E-state index in [9.17, 15) is 9.59 Å². The van der Waals surface area contributed by atoms with Crippen LogP contribution in [0, 0.1) is 13.8 Å². The summed E-state index contributed by atoms with van der Waals surface area (Å²) in [7, 11) is 0. The molecule has 2 amide bonds. The Morgan fingerprint density at radius 2 is 1.85 bits per heavy atom. The first kappa shape index (κ1) is 17.7. The van der Waals surface area contributed by atoms with Gasteiger partial charge in [0.25, 0.3) is 0 Å². The number of fused-ring (bicyclic) bond motifs is 1. The highest BCUT2D eigenvalue weighted by Crippen LogP contribution is 2.25. The Morgan fingerprint density at radius 3 is 2.62 bits per heavy atom. The van der Waals surface area contributed by atoms with Gasteiger partial charge in [-0.25, -0.2) is 0 Å². The van der Waals surface area contributed by atoms with E-state index in [1.807, 2.05) is 44.2 Å². The van der Waals surface area contributed by atoms with E-state index in [-0.39, 0.29) is 18.2 Å². The van der Waals surface area contributed by atoms with E-state index in [2.05, 4.69) is 16.7 Å². The molecule has 3 rings (SSSR count). The van der Waals surface area contributed by atoms with Crippen LogP contribution < -0.4 is 10.6 Å². The van der Waals surface area contributed by atoms with Crippen LogP contribution >= 0.6 is 0 Å². The number of furan rings is 1. The Kier molecular flexibility index (Phi) is 5.07. The van der Waals surface area contributed by atoms with E-state index >= 15 is 0 Å². The largest absolute Gasteiger partial charge is 0.464 e. The van der Waals surface area contributed by atoms with E-state index in [0.29, 0.717) is 6.54 Å². The Hall–Kier alpha value is -3.08. The minimum atomic E-state index is -0.122.